The molecule has 4 amide bonds. The lowest BCUT2D eigenvalue weighted by molar-refractivity contribution is -0.384. The van der Waals surface area contributed by atoms with Crippen molar-refractivity contribution in [3.05, 3.63) is 142 Å². The minimum atomic E-state index is -1.44. The highest BCUT2D eigenvalue weighted by molar-refractivity contribution is 5.98. The van der Waals surface area contributed by atoms with Crippen molar-refractivity contribution >= 4 is 70.5 Å². The first-order valence-electron chi connectivity index (χ1n) is 27.3. The minimum absolute atomic E-state index is 0.0233. The van der Waals surface area contributed by atoms with Gasteiger partial charge in [0.1, 0.15) is 37.1 Å². The lowest BCUT2D eigenvalue weighted by atomic mass is 9.86. The first-order chi connectivity index (χ1) is 39.6. The summed E-state index contributed by atoms with van der Waals surface area (Å²) in [5.74, 6) is -8.79. The summed E-state index contributed by atoms with van der Waals surface area (Å²) in [6, 6.07) is 26.3. The van der Waals surface area contributed by atoms with Crippen LogP contribution in [0, 0.1) is 33.8 Å². The zero-order valence-corrected chi connectivity index (χ0v) is 47.4. The van der Waals surface area contributed by atoms with Gasteiger partial charge in [0, 0.05) is 62.6 Å². The lowest BCUT2D eigenvalue weighted by Crippen LogP contribution is -2.49. The SMILES string of the molecule is CC(=O)CC[C@H](NC(=O)[C@H](CC(C)=O)CC(=O)CNC(=O)[C@@H](C)CCCCNC(=O)OCc1ccccc1)C(=O)C[C@H](C(=O)N[C@@H](CC(=O)OCc1ccccc1)C(=O)Cc1ccc(COC(=O)Oc2ccc([N+](=O)[O-])cc2)cc1)C(C)C. The van der Waals surface area contributed by atoms with Gasteiger partial charge in [0.05, 0.1) is 35.9 Å². The Bertz CT molecular complexity index is 2860. The third kappa shape index (κ3) is 25.6. The molecule has 0 aliphatic rings. The Morgan fingerprint density at radius 2 is 1.13 bits per heavy atom. The van der Waals surface area contributed by atoms with Crippen molar-refractivity contribution in [1.29, 1.82) is 0 Å². The maximum Gasteiger partial charge on any atom is 0.514 e. The molecular formula is C61H73N5O17. The maximum atomic E-state index is 14.2. The molecule has 0 aliphatic carbocycles. The summed E-state index contributed by atoms with van der Waals surface area (Å²) in [6.45, 7) is 7.19. The standard InChI is InChI=1S/C61H73N5O17/c1-39(2)51(59(75)65-53(34-56(72)80-36-44-15-8-6-9-16-44)54(70)31-43-20-22-46(23-21-43)38-82-61(77)83-50-26-24-48(25-27-50)66(78)79)33-55(71)52(28-19-41(4)67)64-58(74)47(30-42(5)68)32-49(69)35-63-57(73)40(3)14-12-13-29-62-60(76)81-37-45-17-10-7-11-18-45/h6-11,15-18,20-27,39-40,47,51-53H,12-14,19,28-38H2,1-5H3,(H,62,76)(H,63,73)(H,64,74)(H,65,75)/t40-,47+,51-,52-,53-/m0/s1. The van der Waals surface area contributed by atoms with Crippen LogP contribution in [-0.4, -0.2) is 95.0 Å². The van der Waals surface area contributed by atoms with E-state index in [0.717, 1.165) is 17.7 Å². The van der Waals surface area contributed by atoms with E-state index in [2.05, 4.69) is 21.3 Å². The molecule has 0 saturated heterocycles. The first kappa shape index (κ1) is 66.6. The van der Waals surface area contributed by atoms with Gasteiger partial charge >= 0.3 is 18.2 Å². The van der Waals surface area contributed by atoms with Crippen molar-refractivity contribution in [3.63, 3.8) is 0 Å². The van der Waals surface area contributed by atoms with Crippen LogP contribution in [0.2, 0.25) is 0 Å². The Kier molecular flexibility index (Phi) is 28.1. The summed E-state index contributed by atoms with van der Waals surface area (Å²) in [6.07, 6.45) is -2.58. The predicted molar refractivity (Wildman–Crippen MR) is 301 cm³/mol. The molecule has 83 heavy (non-hydrogen) atoms. The van der Waals surface area contributed by atoms with Gasteiger partial charge in [-0.3, -0.25) is 43.7 Å². The number of amides is 4. The number of hydrogen-bond donors (Lipinski definition) is 4. The number of ketones is 5. The summed E-state index contributed by atoms with van der Waals surface area (Å²) in [7, 11) is 0. The fraction of sp³-hybridized carbons (Fsp3) is 0.426. The Morgan fingerprint density at radius 3 is 1.72 bits per heavy atom. The van der Waals surface area contributed by atoms with E-state index < -0.39 is 126 Å². The second kappa shape index (κ2) is 35.0. The number of benzene rings is 4. The van der Waals surface area contributed by atoms with Crippen molar-refractivity contribution in [2.45, 2.75) is 131 Å². The van der Waals surface area contributed by atoms with E-state index >= 15 is 0 Å². The van der Waals surface area contributed by atoms with Gasteiger partial charge in [-0.25, -0.2) is 9.59 Å². The molecule has 0 spiro atoms. The smallest absolute Gasteiger partial charge is 0.461 e. The van der Waals surface area contributed by atoms with Crippen LogP contribution < -0.4 is 26.0 Å². The summed E-state index contributed by atoms with van der Waals surface area (Å²) >= 11 is 0. The Labute approximate surface area is 481 Å². The number of non-ortho nitro benzene ring substituents is 1. The van der Waals surface area contributed by atoms with Gasteiger partial charge in [0.2, 0.25) is 17.7 Å². The van der Waals surface area contributed by atoms with E-state index in [9.17, 15) is 62.9 Å². The van der Waals surface area contributed by atoms with E-state index in [0.29, 0.717) is 42.5 Å². The van der Waals surface area contributed by atoms with Crippen LogP contribution in [0.5, 0.6) is 5.75 Å². The number of nitro groups is 1. The minimum Gasteiger partial charge on any atom is -0.461 e. The van der Waals surface area contributed by atoms with Crippen molar-refractivity contribution in [1.82, 2.24) is 21.3 Å². The van der Waals surface area contributed by atoms with E-state index in [1.807, 2.05) is 30.3 Å². The molecule has 4 N–H and O–H groups in total. The van der Waals surface area contributed by atoms with Gasteiger partial charge < -0.3 is 49.8 Å². The Morgan fingerprint density at radius 1 is 0.554 bits per heavy atom. The number of carbonyl (C=O) groups excluding carboxylic acids is 11. The third-order valence-electron chi connectivity index (χ3n) is 13.2. The van der Waals surface area contributed by atoms with Crippen LogP contribution in [0.1, 0.15) is 115 Å². The van der Waals surface area contributed by atoms with Gasteiger partial charge in [-0.2, -0.15) is 0 Å². The number of hydrogen-bond acceptors (Lipinski definition) is 17. The molecule has 0 radical (unpaired) electrons. The normalized spacial score (nSPS) is 12.7. The first-order valence-corrected chi connectivity index (χ1v) is 27.3. The van der Waals surface area contributed by atoms with E-state index in [4.69, 9.17) is 18.9 Å². The number of carbonyl (C=O) groups is 11. The van der Waals surface area contributed by atoms with Crippen LogP contribution in [0.3, 0.4) is 0 Å². The summed E-state index contributed by atoms with van der Waals surface area (Å²) in [4.78, 5) is 155. The highest BCUT2D eigenvalue weighted by Gasteiger charge is 2.35. The number of rotatable bonds is 36. The number of unbranched alkanes of at least 4 members (excludes halogenated alkanes) is 1. The molecule has 4 aromatic carbocycles. The van der Waals surface area contributed by atoms with Crippen LogP contribution in [0.15, 0.2) is 109 Å². The second-order valence-corrected chi connectivity index (χ2v) is 20.5. The average Bonchev–Trinajstić information content (AvgIpc) is 3.51. The van der Waals surface area contributed by atoms with Crippen molar-refractivity contribution in [2.75, 3.05) is 13.1 Å². The summed E-state index contributed by atoms with van der Waals surface area (Å²) in [5, 5.41) is 21.4. The molecule has 22 nitrogen and oxygen atoms in total. The molecule has 4 aromatic rings. The number of nitrogens with zero attached hydrogens (tertiary/aromatic N) is 1. The molecule has 0 aromatic heterocycles. The fourth-order valence-corrected chi connectivity index (χ4v) is 8.39. The Hall–Kier alpha value is -8.95. The predicted octanol–water partition coefficient (Wildman–Crippen LogP) is 7.53. The molecule has 0 fully saturated rings. The fourth-order valence-electron chi connectivity index (χ4n) is 8.39. The van der Waals surface area contributed by atoms with E-state index in [-0.39, 0.29) is 62.7 Å². The van der Waals surface area contributed by atoms with Crippen LogP contribution in [0.25, 0.3) is 0 Å². The number of nitrogens with one attached hydrogen (secondary N) is 4. The average molecular weight is 1150 g/mol. The van der Waals surface area contributed by atoms with Gasteiger partial charge in [-0.05, 0) is 73.4 Å². The van der Waals surface area contributed by atoms with Crippen molar-refractivity contribution < 1.29 is 76.6 Å². The molecular weight excluding hydrogens is 1070 g/mol. The number of Topliss-reactive ketones (excluding diaryl/α,β-unsaturated/α-hetero) is 5. The number of ether oxygens (including phenoxy) is 4. The molecule has 4 rings (SSSR count). The monoisotopic (exact) mass is 1150 g/mol. The van der Waals surface area contributed by atoms with Crippen LogP contribution in [-0.2, 0) is 83.6 Å². The highest BCUT2D eigenvalue weighted by Crippen LogP contribution is 2.22. The molecule has 5 atom stereocenters. The topological polar surface area (TPSA) is 316 Å². The zero-order valence-electron chi connectivity index (χ0n) is 47.4. The molecule has 0 aliphatic heterocycles. The Balaban J connectivity index is 1.36. The van der Waals surface area contributed by atoms with E-state index in [1.165, 1.54) is 26.0 Å². The molecule has 0 unspecified atom stereocenters. The van der Waals surface area contributed by atoms with Crippen molar-refractivity contribution in [3.8, 4) is 5.75 Å². The lowest BCUT2D eigenvalue weighted by Gasteiger charge is -2.26. The quantitative estimate of drug-likeness (QED) is 0.00854. The van der Waals surface area contributed by atoms with Gasteiger partial charge in [0.25, 0.3) is 5.69 Å². The van der Waals surface area contributed by atoms with Gasteiger partial charge in [0.15, 0.2) is 17.3 Å². The van der Waals surface area contributed by atoms with E-state index in [1.54, 1.807) is 75.4 Å². The summed E-state index contributed by atoms with van der Waals surface area (Å²) < 4.78 is 20.9. The largest absolute Gasteiger partial charge is 0.514 e. The molecule has 444 valence electrons. The molecule has 0 saturated carbocycles. The summed E-state index contributed by atoms with van der Waals surface area (Å²) in [5.41, 5.74) is 2.29. The molecule has 0 heterocycles. The maximum absolute atomic E-state index is 14.2. The second-order valence-electron chi connectivity index (χ2n) is 20.5. The van der Waals surface area contributed by atoms with Crippen LogP contribution >= 0.6 is 0 Å². The number of alkyl carbamates (subject to hydrolysis) is 1. The highest BCUT2D eigenvalue weighted by atomic mass is 16.7. The van der Waals surface area contributed by atoms with Gasteiger partial charge in [-0.1, -0.05) is 112 Å². The molecule has 22 heteroatoms. The molecule has 0 bridgehead atoms. The van der Waals surface area contributed by atoms with Gasteiger partial charge in [-0.15, -0.1) is 0 Å². The zero-order chi connectivity index (χ0) is 60.8. The number of esters is 1. The van der Waals surface area contributed by atoms with Crippen LogP contribution in [0.4, 0.5) is 15.3 Å². The number of nitro benzene ring substituents is 1. The van der Waals surface area contributed by atoms with Crippen molar-refractivity contribution in [2.24, 2.45) is 23.7 Å². The third-order valence-corrected chi connectivity index (χ3v) is 13.2.